The molecule has 0 aliphatic heterocycles. The summed E-state index contributed by atoms with van der Waals surface area (Å²) in [6.07, 6.45) is -0.474. The number of nitrogens with one attached hydrogen (secondary N) is 1. The van der Waals surface area contributed by atoms with Crippen LogP contribution in [0.1, 0.15) is 56.6 Å². The van der Waals surface area contributed by atoms with E-state index in [0.717, 1.165) is 48.9 Å². The molecule has 0 saturated carbocycles. The van der Waals surface area contributed by atoms with Gasteiger partial charge in [-0.25, -0.2) is 4.98 Å². The fourth-order valence-corrected chi connectivity index (χ4v) is 4.62. The molecule has 0 amide bonds. The molecule has 168 valence electrons. The number of imidazole rings is 1. The predicted molar refractivity (Wildman–Crippen MR) is 123 cm³/mol. The van der Waals surface area contributed by atoms with Gasteiger partial charge in [-0.2, -0.15) is 13.2 Å². The summed E-state index contributed by atoms with van der Waals surface area (Å²) in [6.45, 7) is 4.29. The van der Waals surface area contributed by atoms with Gasteiger partial charge in [0.15, 0.2) is 0 Å². The van der Waals surface area contributed by atoms with Crippen LogP contribution < -0.4 is 5.32 Å². The summed E-state index contributed by atoms with van der Waals surface area (Å²) in [5, 5.41) is 3.01. The molecule has 3 nitrogen and oxygen atoms in total. The molecule has 1 N–H and O–H groups in total. The molecule has 0 bridgehead atoms. The normalized spacial score (nSPS) is 12.2. The molecule has 0 fully saturated rings. The molecule has 3 rings (SSSR count). The molecule has 0 radical (unpaired) electrons. The lowest BCUT2D eigenvalue weighted by Crippen LogP contribution is -2.08. The molecule has 0 saturated heterocycles. The molecule has 1 heterocycles. The Bertz CT molecular complexity index is 1090. The van der Waals surface area contributed by atoms with E-state index in [0.29, 0.717) is 22.4 Å². The molecular weight excluding hydrogens is 470 g/mol. The Balaban J connectivity index is 2.12. The van der Waals surface area contributed by atoms with E-state index in [-0.39, 0.29) is 10.7 Å². The molecule has 9 heteroatoms. The van der Waals surface area contributed by atoms with Crippen LogP contribution in [0.15, 0.2) is 24.3 Å². The maximum Gasteiger partial charge on any atom is 0.417 e. The minimum absolute atomic E-state index is 0.0613. The van der Waals surface area contributed by atoms with Gasteiger partial charge in [-0.1, -0.05) is 67.6 Å². The van der Waals surface area contributed by atoms with E-state index in [1.165, 1.54) is 0 Å². The topological polar surface area (TPSA) is 29.9 Å². The summed E-state index contributed by atoms with van der Waals surface area (Å²) in [7, 11) is 1.81. The number of halogens is 6. The van der Waals surface area contributed by atoms with Crippen molar-refractivity contribution in [3.8, 4) is 0 Å². The lowest BCUT2D eigenvalue weighted by Gasteiger charge is -2.18. The van der Waals surface area contributed by atoms with Crippen LogP contribution in [0.4, 0.5) is 24.8 Å². The third-order valence-electron chi connectivity index (χ3n) is 5.33. The molecule has 0 spiro atoms. The molecule has 0 aliphatic carbocycles. The molecule has 0 atom stereocenters. The average Bonchev–Trinajstić information content (AvgIpc) is 3.01. The first kappa shape index (κ1) is 24.0. The minimum atomic E-state index is -4.60. The van der Waals surface area contributed by atoms with Gasteiger partial charge < -0.3 is 9.88 Å². The molecule has 3 aromatic rings. The highest BCUT2D eigenvalue weighted by atomic mass is 35.5. The zero-order valence-corrected chi connectivity index (χ0v) is 19.6. The standard InChI is InChI=1S/C22H23Cl3F3N3/c1-4-6-12(7-5-2)13-8-9-15(23)19-20(13)31(3)21(30-19)29-18-10-14(22(26,27)28)16(24)11-17(18)25/h8-12H,4-7H2,1-3H3,(H,29,30). The number of fused-ring (bicyclic) bond motifs is 1. The maximum atomic E-state index is 13.3. The number of rotatable bonds is 7. The monoisotopic (exact) mass is 491 g/mol. The van der Waals surface area contributed by atoms with Crippen LogP contribution in [0.2, 0.25) is 15.1 Å². The van der Waals surface area contributed by atoms with Gasteiger partial charge in [-0.15, -0.1) is 0 Å². The first-order valence-electron chi connectivity index (χ1n) is 10.1. The summed E-state index contributed by atoms with van der Waals surface area (Å²) in [5.41, 5.74) is 1.69. The molecule has 31 heavy (non-hydrogen) atoms. The number of hydrogen-bond acceptors (Lipinski definition) is 2. The van der Waals surface area contributed by atoms with Gasteiger partial charge in [0, 0.05) is 7.05 Å². The third-order valence-corrected chi connectivity index (χ3v) is 6.26. The molecule has 0 aliphatic rings. The van der Waals surface area contributed by atoms with Gasteiger partial charge in [-0.3, -0.25) is 0 Å². The second-order valence-corrected chi connectivity index (χ2v) is 8.76. The fraction of sp³-hybridized carbons (Fsp3) is 0.409. The third kappa shape index (κ3) is 4.91. The number of aromatic nitrogens is 2. The van der Waals surface area contributed by atoms with Crippen LogP contribution in [0.25, 0.3) is 11.0 Å². The largest absolute Gasteiger partial charge is 0.417 e. The summed E-state index contributed by atoms with van der Waals surface area (Å²) in [5.74, 6) is 0.683. The van der Waals surface area contributed by atoms with Crippen molar-refractivity contribution < 1.29 is 13.2 Å². The highest BCUT2D eigenvalue weighted by Gasteiger charge is 2.34. The van der Waals surface area contributed by atoms with Crippen LogP contribution in [0.3, 0.4) is 0 Å². The van der Waals surface area contributed by atoms with Crippen LogP contribution in [-0.2, 0) is 13.2 Å². The number of anilines is 2. The lowest BCUT2D eigenvalue weighted by molar-refractivity contribution is -0.137. The SMILES string of the molecule is CCCC(CCC)c1ccc(Cl)c2nc(Nc3cc(C(F)(F)F)c(Cl)cc3Cl)n(C)c12. The zero-order valence-electron chi connectivity index (χ0n) is 17.4. The van der Waals surface area contributed by atoms with Crippen molar-refractivity contribution >= 4 is 57.5 Å². The van der Waals surface area contributed by atoms with Crippen LogP contribution in [-0.4, -0.2) is 9.55 Å². The van der Waals surface area contributed by atoms with E-state index >= 15 is 0 Å². The molecular formula is C22H23Cl3F3N3. The Morgan fingerprint density at radius 2 is 1.65 bits per heavy atom. The number of benzene rings is 2. The van der Waals surface area contributed by atoms with E-state index in [2.05, 4.69) is 24.1 Å². The zero-order chi connectivity index (χ0) is 22.9. The van der Waals surface area contributed by atoms with Gasteiger partial charge in [0.2, 0.25) is 5.95 Å². The summed E-state index contributed by atoms with van der Waals surface area (Å²) >= 11 is 18.3. The molecule has 1 aromatic heterocycles. The smallest absolute Gasteiger partial charge is 0.324 e. The van der Waals surface area contributed by atoms with Crippen molar-refractivity contribution in [1.82, 2.24) is 9.55 Å². The quantitative estimate of drug-likeness (QED) is 0.356. The molecule has 0 unspecified atom stereocenters. The van der Waals surface area contributed by atoms with E-state index in [1.807, 2.05) is 16.7 Å². The fourth-order valence-electron chi connectivity index (χ4n) is 3.89. The van der Waals surface area contributed by atoms with Crippen molar-refractivity contribution in [2.24, 2.45) is 7.05 Å². The Labute approximate surface area is 194 Å². The Morgan fingerprint density at radius 3 is 2.23 bits per heavy atom. The van der Waals surface area contributed by atoms with Crippen molar-refractivity contribution in [2.45, 2.75) is 51.6 Å². The van der Waals surface area contributed by atoms with Crippen molar-refractivity contribution in [3.05, 3.63) is 50.5 Å². The Morgan fingerprint density at radius 1 is 1.00 bits per heavy atom. The minimum Gasteiger partial charge on any atom is -0.324 e. The average molecular weight is 493 g/mol. The summed E-state index contributed by atoms with van der Waals surface area (Å²) in [4.78, 5) is 4.57. The first-order valence-corrected chi connectivity index (χ1v) is 11.2. The van der Waals surface area contributed by atoms with E-state index in [9.17, 15) is 13.2 Å². The van der Waals surface area contributed by atoms with Gasteiger partial charge in [0.05, 0.1) is 31.8 Å². The number of aryl methyl sites for hydroxylation is 1. The molecule has 2 aromatic carbocycles. The Kier molecular flexibility index (Phi) is 7.34. The number of nitrogens with zero attached hydrogens (tertiary/aromatic N) is 2. The van der Waals surface area contributed by atoms with Gasteiger partial charge >= 0.3 is 6.18 Å². The van der Waals surface area contributed by atoms with Crippen molar-refractivity contribution in [1.29, 1.82) is 0 Å². The van der Waals surface area contributed by atoms with E-state index in [1.54, 1.807) is 7.05 Å². The van der Waals surface area contributed by atoms with Crippen molar-refractivity contribution in [2.75, 3.05) is 5.32 Å². The highest BCUT2D eigenvalue weighted by Crippen LogP contribution is 2.41. The van der Waals surface area contributed by atoms with Crippen LogP contribution in [0.5, 0.6) is 0 Å². The second kappa shape index (κ2) is 9.47. The highest BCUT2D eigenvalue weighted by molar-refractivity contribution is 6.37. The van der Waals surface area contributed by atoms with E-state index in [4.69, 9.17) is 34.8 Å². The van der Waals surface area contributed by atoms with Gasteiger partial charge in [-0.05, 0) is 42.5 Å². The summed E-state index contributed by atoms with van der Waals surface area (Å²) in [6, 6.07) is 5.81. The number of alkyl halides is 3. The van der Waals surface area contributed by atoms with Gasteiger partial charge in [0.1, 0.15) is 5.52 Å². The van der Waals surface area contributed by atoms with E-state index < -0.39 is 16.8 Å². The van der Waals surface area contributed by atoms with Crippen LogP contribution >= 0.6 is 34.8 Å². The van der Waals surface area contributed by atoms with Crippen LogP contribution in [0, 0.1) is 0 Å². The first-order chi connectivity index (χ1) is 14.6. The lowest BCUT2D eigenvalue weighted by atomic mass is 9.89. The maximum absolute atomic E-state index is 13.3. The summed E-state index contributed by atoms with van der Waals surface area (Å²) < 4.78 is 41.7. The predicted octanol–water partition coefficient (Wildman–Crippen LogP) is 8.98. The number of hydrogen-bond donors (Lipinski definition) is 1. The van der Waals surface area contributed by atoms with Crippen molar-refractivity contribution in [3.63, 3.8) is 0 Å². The Hall–Kier alpha value is -1.63. The van der Waals surface area contributed by atoms with Gasteiger partial charge in [0.25, 0.3) is 0 Å². The second-order valence-electron chi connectivity index (χ2n) is 7.54.